The summed E-state index contributed by atoms with van der Waals surface area (Å²) in [5.74, 6) is -0.0823. The smallest absolute Gasteiger partial charge is 0.252 e. The first-order chi connectivity index (χ1) is 12.5. The molecule has 1 N–H and O–H groups in total. The van der Waals surface area contributed by atoms with E-state index in [0.29, 0.717) is 30.4 Å². The van der Waals surface area contributed by atoms with Gasteiger partial charge in [-0.2, -0.15) is 4.31 Å². The van der Waals surface area contributed by atoms with Gasteiger partial charge in [0, 0.05) is 31.1 Å². The molecule has 0 unspecified atom stereocenters. The molecule has 6 nitrogen and oxygen atoms in total. The van der Waals surface area contributed by atoms with E-state index in [0.717, 1.165) is 10.6 Å². The van der Waals surface area contributed by atoms with Crippen LogP contribution in [0, 0.1) is 0 Å². The minimum Gasteiger partial charge on any atom is -0.324 e. The number of rotatable bonds is 6. The van der Waals surface area contributed by atoms with E-state index in [-0.39, 0.29) is 12.5 Å². The van der Waals surface area contributed by atoms with Crippen molar-refractivity contribution in [1.82, 2.24) is 9.21 Å². The van der Waals surface area contributed by atoms with Gasteiger partial charge in [0.2, 0.25) is 5.91 Å². The summed E-state index contributed by atoms with van der Waals surface area (Å²) in [5, 5.41) is 4.70. The molecule has 3 rings (SSSR count). The third-order valence-electron chi connectivity index (χ3n) is 4.17. The molecule has 1 saturated heterocycles. The van der Waals surface area contributed by atoms with Crippen molar-refractivity contribution in [3.05, 3.63) is 41.8 Å². The summed E-state index contributed by atoms with van der Waals surface area (Å²) in [7, 11) is -3.41. The Hall–Kier alpha value is -1.39. The van der Waals surface area contributed by atoms with Gasteiger partial charge in [0.15, 0.2) is 0 Å². The van der Waals surface area contributed by atoms with Crippen molar-refractivity contribution in [3.8, 4) is 0 Å². The Bertz CT molecular complexity index is 845. The van der Waals surface area contributed by atoms with Crippen LogP contribution in [0.1, 0.15) is 0 Å². The number of piperazine rings is 1. The second-order valence-corrected chi connectivity index (χ2v) is 9.82. The molecule has 1 aliphatic heterocycles. The maximum atomic E-state index is 12.5. The Kier molecular flexibility index (Phi) is 6.36. The fraction of sp³-hybridized carbons (Fsp3) is 0.353. The van der Waals surface area contributed by atoms with Crippen LogP contribution in [0.4, 0.5) is 5.69 Å². The minimum absolute atomic E-state index is 0.0823. The summed E-state index contributed by atoms with van der Waals surface area (Å²) in [6, 6.07) is 11.1. The van der Waals surface area contributed by atoms with E-state index in [4.69, 9.17) is 0 Å². The normalized spacial score (nSPS) is 16.5. The molecule has 1 aromatic heterocycles. The third kappa shape index (κ3) is 4.47. The van der Waals surface area contributed by atoms with E-state index in [9.17, 15) is 13.2 Å². The number of para-hydroxylation sites is 1. The number of benzene rings is 1. The van der Waals surface area contributed by atoms with Gasteiger partial charge in [-0.1, -0.05) is 18.2 Å². The fourth-order valence-electron chi connectivity index (χ4n) is 2.81. The minimum atomic E-state index is -3.41. The van der Waals surface area contributed by atoms with Crippen molar-refractivity contribution >= 4 is 44.7 Å². The van der Waals surface area contributed by atoms with Crippen LogP contribution in [0.3, 0.4) is 0 Å². The highest BCUT2D eigenvalue weighted by Gasteiger charge is 2.29. The van der Waals surface area contributed by atoms with Crippen LogP contribution in [-0.4, -0.2) is 62.5 Å². The highest BCUT2D eigenvalue weighted by atomic mass is 32.2. The Morgan fingerprint density at radius 1 is 1.15 bits per heavy atom. The molecule has 0 atom stereocenters. The molecular formula is C17H21N3O3S3. The van der Waals surface area contributed by atoms with Crippen LogP contribution in [0.15, 0.2) is 50.9 Å². The maximum Gasteiger partial charge on any atom is 0.252 e. The number of hydrogen-bond acceptors (Lipinski definition) is 6. The van der Waals surface area contributed by atoms with Gasteiger partial charge in [0.25, 0.3) is 10.0 Å². The number of nitrogens with zero attached hydrogens (tertiary/aromatic N) is 2. The van der Waals surface area contributed by atoms with Gasteiger partial charge in [-0.3, -0.25) is 9.69 Å². The molecule has 0 radical (unpaired) electrons. The molecule has 26 heavy (non-hydrogen) atoms. The molecule has 2 aromatic rings. The zero-order valence-corrected chi connectivity index (χ0v) is 16.9. The van der Waals surface area contributed by atoms with Crippen molar-refractivity contribution in [1.29, 1.82) is 0 Å². The summed E-state index contributed by atoms with van der Waals surface area (Å²) in [5.41, 5.74) is 0.809. The van der Waals surface area contributed by atoms with Crippen molar-refractivity contribution < 1.29 is 13.2 Å². The summed E-state index contributed by atoms with van der Waals surface area (Å²) in [4.78, 5) is 15.3. The molecular weight excluding hydrogens is 390 g/mol. The number of nitrogens with one attached hydrogen (secondary N) is 1. The van der Waals surface area contributed by atoms with Crippen LogP contribution in [0.25, 0.3) is 0 Å². The molecule has 0 aliphatic carbocycles. The van der Waals surface area contributed by atoms with Crippen molar-refractivity contribution in [2.45, 2.75) is 9.10 Å². The quantitative estimate of drug-likeness (QED) is 0.740. The van der Waals surface area contributed by atoms with Gasteiger partial charge >= 0.3 is 0 Å². The van der Waals surface area contributed by atoms with Crippen molar-refractivity contribution in [2.75, 3.05) is 44.3 Å². The molecule has 0 bridgehead atoms. The molecule has 1 aromatic carbocycles. The number of hydrogen-bond donors (Lipinski definition) is 1. The zero-order chi connectivity index (χ0) is 18.6. The lowest BCUT2D eigenvalue weighted by Gasteiger charge is -2.33. The van der Waals surface area contributed by atoms with Crippen molar-refractivity contribution in [3.63, 3.8) is 0 Å². The molecule has 1 aliphatic rings. The highest BCUT2D eigenvalue weighted by Crippen LogP contribution is 2.25. The summed E-state index contributed by atoms with van der Waals surface area (Å²) in [6.45, 7) is 2.14. The van der Waals surface area contributed by atoms with E-state index < -0.39 is 10.0 Å². The number of sulfonamides is 1. The summed E-state index contributed by atoms with van der Waals surface area (Å²) < 4.78 is 26.9. The predicted octanol–water partition coefficient (Wildman–Crippen LogP) is 2.42. The Morgan fingerprint density at radius 2 is 1.88 bits per heavy atom. The molecule has 0 saturated carbocycles. The first-order valence-corrected chi connectivity index (χ1v) is 11.7. The van der Waals surface area contributed by atoms with Gasteiger partial charge in [-0.15, -0.1) is 23.1 Å². The van der Waals surface area contributed by atoms with E-state index in [2.05, 4.69) is 5.32 Å². The fourth-order valence-corrected chi connectivity index (χ4v) is 5.93. The number of carbonyl (C=O) groups excluding carboxylic acids is 1. The molecule has 1 fully saturated rings. The largest absolute Gasteiger partial charge is 0.324 e. The number of amides is 1. The Morgan fingerprint density at radius 3 is 2.54 bits per heavy atom. The Balaban J connectivity index is 1.53. The number of thioether (sulfide) groups is 1. The number of anilines is 1. The zero-order valence-electron chi connectivity index (χ0n) is 14.4. The maximum absolute atomic E-state index is 12.5. The van der Waals surface area contributed by atoms with Gasteiger partial charge in [0.05, 0.1) is 12.2 Å². The average molecular weight is 412 g/mol. The molecule has 1 amide bonds. The third-order valence-corrected chi connectivity index (χ3v) is 8.24. The first-order valence-electron chi connectivity index (χ1n) is 8.19. The lowest BCUT2D eigenvalue weighted by Crippen LogP contribution is -2.50. The number of carbonyl (C=O) groups is 1. The number of thiophene rings is 1. The predicted molar refractivity (Wildman–Crippen MR) is 106 cm³/mol. The molecule has 9 heteroatoms. The average Bonchev–Trinajstić information content (AvgIpc) is 3.18. The van der Waals surface area contributed by atoms with Crippen LogP contribution in [0.5, 0.6) is 0 Å². The SMILES string of the molecule is CSc1ccccc1NC(=O)CN1CCN(S(=O)(=O)c2cccs2)CC1. The van der Waals surface area contributed by atoms with Crippen LogP contribution in [-0.2, 0) is 14.8 Å². The second kappa shape index (κ2) is 8.53. The Labute approximate surface area is 162 Å². The summed E-state index contributed by atoms with van der Waals surface area (Å²) >= 11 is 2.81. The van der Waals surface area contributed by atoms with Crippen LogP contribution >= 0.6 is 23.1 Å². The van der Waals surface area contributed by atoms with E-state index in [1.54, 1.807) is 29.3 Å². The lowest BCUT2D eigenvalue weighted by atomic mass is 10.3. The topological polar surface area (TPSA) is 69.7 Å². The standard InChI is InChI=1S/C17H21N3O3S3/c1-24-15-6-3-2-5-14(15)18-16(21)13-19-8-10-20(11-9-19)26(22,23)17-7-4-12-25-17/h2-7,12H,8-11,13H2,1H3,(H,18,21). The van der Waals surface area contributed by atoms with Gasteiger partial charge < -0.3 is 5.32 Å². The second-order valence-electron chi connectivity index (χ2n) is 5.86. The van der Waals surface area contributed by atoms with Gasteiger partial charge in [-0.05, 0) is 29.8 Å². The van der Waals surface area contributed by atoms with Crippen molar-refractivity contribution in [2.24, 2.45) is 0 Å². The highest BCUT2D eigenvalue weighted by molar-refractivity contribution is 7.98. The van der Waals surface area contributed by atoms with Crippen LogP contribution in [0.2, 0.25) is 0 Å². The molecule has 0 spiro atoms. The van der Waals surface area contributed by atoms with Gasteiger partial charge in [-0.25, -0.2) is 8.42 Å². The van der Waals surface area contributed by atoms with E-state index >= 15 is 0 Å². The van der Waals surface area contributed by atoms with Gasteiger partial charge in [0.1, 0.15) is 4.21 Å². The van der Waals surface area contributed by atoms with E-state index in [1.807, 2.05) is 35.4 Å². The molecule has 140 valence electrons. The summed E-state index contributed by atoms with van der Waals surface area (Å²) in [6.07, 6.45) is 1.97. The first kappa shape index (κ1) is 19.4. The van der Waals surface area contributed by atoms with E-state index in [1.165, 1.54) is 15.6 Å². The molecule has 2 heterocycles. The lowest BCUT2D eigenvalue weighted by molar-refractivity contribution is -0.117. The monoisotopic (exact) mass is 411 g/mol. The van der Waals surface area contributed by atoms with Crippen LogP contribution < -0.4 is 5.32 Å².